The van der Waals surface area contributed by atoms with Crippen LogP contribution in [-0.2, 0) is 13.1 Å². The molecule has 4 heteroatoms. The topological polar surface area (TPSA) is 41.3 Å². The maximum atomic E-state index is 5.42. The van der Waals surface area contributed by atoms with Gasteiger partial charge in [-0.1, -0.05) is 24.4 Å². The fourth-order valence-corrected chi connectivity index (χ4v) is 3.73. The third kappa shape index (κ3) is 3.18. The Morgan fingerprint density at radius 3 is 3.00 bits per heavy atom. The van der Waals surface area contributed by atoms with Crippen molar-refractivity contribution in [3.05, 3.63) is 17.5 Å². The van der Waals surface area contributed by atoms with Crippen molar-refractivity contribution in [1.29, 1.82) is 0 Å². The quantitative estimate of drug-likeness (QED) is 0.905. The van der Waals surface area contributed by atoms with E-state index in [0.717, 1.165) is 36.4 Å². The Kier molecular flexibility index (Phi) is 4.18. The van der Waals surface area contributed by atoms with E-state index in [9.17, 15) is 0 Å². The summed E-state index contributed by atoms with van der Waals surface area (Å²) in [5, 5.41) is 7.19. The molecular formula is C15H25N3O. The molecule has 2 unspecified atom stereocenters. The molecule has 0 radical (unpaired) electrons. The lowest BCUT2D eigenvalue weighted by Gasteiger charge is -2.40. The molecular weight excluding hydrogens is 238 g/mol. The highest BCUT2D eigenvalue weighted by Crippen LogP contribution is 2.36. The molecule has 2 fully saturated rings. The summed E-state index contributed by atoms with van der Waals surface area (Å²) in [7, 11) is 1.93. The van der Waals surface area contributed by atoms with Crippen molar-refractivity contribution in [3.8, 4) is 0 Å². The minimum Gasteiger partial charge on any atom is -0.360 e. The van der Waals surface area contributed by atoms with Gasteiger partial charge in [-0.25, -0.2) is 0 Å². The number of rotatable bonds is 4. The van der Waals surface area contributed by atoms with Crippen LogP contribution in [0.2, 0.25) is 0 Å². The molecule has 106 valence electrons. The van der Waals surface area contributed by atoms with E-state index in [1.54, 1.807) is 0 Å². The maximum Gasteiger partial charge on any atom is 0.151 e. The Labute approximate surface area is 115 Å². The number of likely N-dealkylation sites (tertiary alicyclic amines) is 1. The first-order valence-corrected chi connectivity index (χ1v) is 7.66. The van der Waals surface area contributed by atoms with Crippen LogP contribution in [0.4, 0.5) is 0 Å². The molecule has 4 nitrogen and oxygen atoms in total. The van der Waals surface area contributed by atoms with Crippen molar-refractivity contribution in [2.24, 2.45) is 11.8 Å². The average molecular weight is 263 g/mol. The van der Waals surface area contributed by atoms with E-state index < -0.39 is 0 Å². The Balaban J connectivity index is 1.54. The molecule has 19 heavy (non-hydrogen) atoms. The van der Waals surface area contributed by atoms with Gasteiger partial charge in [0.2, 0.25) is 0 Å². The second-order valence-electron chi connectivity index (χ2n) is 6.14. The van der Waals surface area contributed by atoms with E-state index in [1.165, 1.54) is 45.2 Å². The predicted octanol–water partition coefficient (Wildman–Crippen LogP) is 2.41. The number of piperidine rings is 1. The van der Waals surface area contributed by atoms with Gasteiger partial charge in [0.15, 0.2) is 5.76 Å². The van der Waals surface area contributed by atoms with Crippen LogP contribution in [0, 0.1) is 11.8 Å². The molecule has 1 aliphatic carbocycles. The van der Waals surface area contributed by atoms with Gasteiger partial charge in [-0.15, -0.1) is 0 Å². The van der Waals surface area contributed by atoms with Crippen molar-refractivity contribution < 1.29 is 4.52 Å². The molecule has 1 saturated carbocycles. The minimum absolute atomic E-state index is 0.786. The van der Waals surface area contributed by atoms with Crippen molar-refractivity contribution in [3.63, 3.8) is 0 Å². The molecule has 1 aliphatic heterocycles. The van der Waals surface area contributed by atoms with Crippen LogP contribution in [0.3, 0.4) is 0 Å². The van der Waals surface area contributed by atoms with Gasteiger partial charge in [0, 0.05) is 19.2 Å². The third-order valence-corrected chi connectivity index (χ3v) is 4.72. The number of hydrogen-bond acceptors (Lipinski definition) is 4. The zero-order valence-electron chi connectivity index (χ0n) is 11.9. The number of nitrogens with zero attached hydrogens (tertiary/aromatic N) is 2. The molecule has 2 aliphatic rings. The van der Waals surface area contributed by atoms with Gasteiger partial charge in [0.05, 0.1) is 12.2 Å². The summed E-state index contributed by atoms with van der Waals surface area (Å²) in [5.74, 6) is 2.95. The Morgan fingerprint density at radius 2 is 2.16 bits per heavy atom. The summed E-state index contributed by atoms with van der Waals surface area (Å²) in [6.45, 7) is 4.20. The molecule has 0 amide bonds. The molecule has 0 bridgehead atoms. The average Bonchev–Trinajstić information content (AvgIpc) is 2.86. The van der Waals surface area contributed by atoms with Crippen LogP contribution in [0.1, 0.15) is 43.6 Å². The first-order chi connectivity index (χ1) is 9.35. The summed E-state index contributed by atoms with van der Waals surface area (Å²) in [6, 6.07) is 2.09. The minimum atomic E-state index is 0.786. The van der Waals surface area contributed by atoms with Crippen molar-refractivity contribution in [1.82, 2.24) is 15.4 Å². The zero-order valence-corrected chi connectivity index (χ0v) is 11.9. The van der Waals surface area contributed by atoms with E-state index >= 15 is 0 Å². The molecule has 2 atom stereocenters. The van der Waals surface area contributed by atoms with Crippen LogP contribution in [-0.4, -0.2) is 30.2 Å². The summed E-state index contributed by atoms with van der Waals surface area (Å²) in [6.07, 6.45) is 7.16. The summed E-state index contributed by atoms with van der Waals surface area (Å²) >= 11 is 0. The molecule has 1 saturated heterocycles. The highest BCUT2D eigenvalue weighted by molar-refractivity contribution is 5.05. The fraction of sp³-hybridized carbons (Fsp3) is 0.800. The van der Waals surface area contributed by atoms with Crippen LogP contribution in [0.15, 0.2) is 10.6 Å². The van der Waals surface area contributed by atoms with Gasteiger partial charge in [-0.2, -0.15) is 0 Å². The first kappa shape index (κ1) is 13.1. The molecule has 3 rings (SSSR count). The van der Waals surface area contributed by atoms with Crippen LogP contribution < -0.4 is 5.32 Å². The van der Waals surface area contributed by atoms with E-state index in [0.29, 0.717) is 0 Å². The zero-order chi connectivity index (χ0) is 13.1. The highest BCUT2D eigenvalue weighted by Gasteiger charge is 2.31. The van der Waals surface area contributed by atoms with E-state index in [2.05, 4.69) is 21.4 Å². The van der Waals surface area contributed by atoms with Crippen LogP contribution in [0.5, 0.6) is 0 Å². The largest absolute Gasteiger partial charge is 0.360 e. The Morgan fingerprint density at radius 1 is 1.32 bits per heavy atom. The first-order valence-electron chi connectivity index (χ1n) is 7.66. The molecule has 1 aromatic rings. The number of nitrogens with one attached hydrogen (secondary N) is 1. The van der Waals surface area contributed by atoms with Gasteiger partial charge in [-0.05, 0) is 38.3 Å². The summed E-state index contributed by atoms with van der Waals surface area (Å²) < 4.78 is 5.42. The monoisotopic (exact) mass is 263 g/mol. The van der Waals surface area contributed by atoms with Gasteiger partial charge >= 0.3 is 0 Å². The van der Waals surface area contributed by atoms with Crippen molar-refractivity contribution in [2.75, 3.05) is 20.1 Å². The number of aromatic nitrogens is 1. The van der Waals surface area contributed by atoms with E-state index in [4.69, 9.17) is 4.52 Å². The highest BCUT2D eigenvalue weighted by atomic mass is 16.5. The normalized spacial score (nSPS) is 28.3. The number of hydrogen-bond donors (Lipinski definition) is 1. The summed E-state index contributed by atoms with van der Waals surface area (Å²) in [5.41, 5.74) is 1.00. The van der Waals surface area contributed by atoms with E-state index in [-0.39, 0.29) is 0 Å². The lowest BCUT2D eigenvalue weighted by molar-refractivity contribution is 0.0759. The Bertz CT molecular complexity index is 404. The van der Waals surface area contributed by atoms with Gasteiger partial charge in [0.25, 0.3) is 0 Å². The van der Waals surface area contributed by atoms with E-state index in [1.807, 2.05) is 7.05 Å². The maximum absolute atomic E-state index is 5.42. The second-order valence-corrected chi connectivity index (χ2v) is 6.14. The third-order valence-electron chi connectivity index (χ3n) is 4.72. The van der Waals surface area contributed by atoms with Crippen LogP contribution >= 0.6 is 0 Å². The SMILES string of the molecule is CNCc1cc(CN2CCC3CCCCC3C2)on1. The molecule has 1 aromatic heterocycles. The number of fused-ring (bicyclic) bond motifs is 1. The van der Waals surface area contributed by atoms with Gasteiger partial charge in [0.1, 0.15) is 0 Å². The standard InChI is InChI=1S/C15H25N3O/c1-16-9-14-8-15(19-17-14)11-18-7-6-12-4-2-3-5-13(12)10-18/h8,12-13,16H,2-7,9-11H2,1H3. The predicted molar refractivity (Wildman–Crippen MR) is 74.6 cm³/mol. The molecule has 1 N–H and O–H groups in total. The lowest BCUT2D eigenvalue weighted by Crippen LogP contribution is -2.41. The van der Waals surface area contributed by atoms with Crippen LogP contribution in [0.25, 0.3) is 0 Å². The second kappa shape index (κ2) is 6.06. The molecule has 2 heterocycles. The van der Waals surface area contributed by atoms with Gasteiger partial charge < -0.3 is 9.84 Å². The molecule has 0 aromatic carbocycles. The Hall–Kier alpha value is -0.870. The van der Waals surface area contributed by atoms with Crippen molar-refractivity contribution >= 4 is 0 Å². The fourth-order valence-electron chi connectivity index (χ4n) is 3.73. The van der Waals surface area contributed by atoms with Gasteiger partial charge in [-0.3, -0.25) is 4.90 Å². The summed E-state index contributed by atoms with van der Waals surface area (Å²) in [4.78, 5) is 2.55. The lowest BCUT2D eigenvalue weighted by atomic mass is 9.75. The van der Waals surface area contributed by atoms with Crippen molar-refractivity contribution in [2.45, 2.75) is 45.2 Å². The smallest absolute Gasteiger partial charge is 0.151 e. The molecule has 0 spiro atoms.